The van der Waals surface area contributed by atoms with Gasteiger partial charge in [-0.2, -0.15) is 0 Å². The molecule has 35 heavy (non-hydrogen) atoms. The Balaban J connectivity index is 1.56. The van der Waals surface area contributed by atoms with Crippen molar-refractivity contribution in [2.24, 2.45) is 0 Å². The number of aliphatic hydroxyl groups is 1. The van der Waals surface area contributed by atoms with Gasteiger partial charge in [0.25, 0.3) is 5.91 Å². The van der Waals surface area contributed by atoms with Crippen molar-refractivity contribution in [2.45, 2.75) is 12.5 Å². The van der Waals surface area contributed by atoms with Crippen LogP contribution in [0.5, 0.6) is 5.75 Å². The number of nitrogens with zero attached hydrogens (tertiary/aromatic N) is 1. The lowest BCUT2D eigenvalue weighted by Gasteiger charge is -2.27. The molecule has 0 aliphatic carbocycles. The first-order valence-electron chi connectivity index (χ1n) is 11.1. The Hall–Kier alpha value is -3.84. The number of carbonyl (C=O) groups excluding carboxylic acids is 2. The van der Waals surface area contributed by atoms with E-state index >= 15 is 0 Å². The zero-order valence-electron chi connectivity index (χ0n) is 18.9. The Bertz CT molecular complexity index is 1460. The molecule has 1 amide bonds. The van der Waals surface area contributed by atoms with Crippen LogP contribution >= 0.6 is 15.9 Å². The average molecular weight is 532 g/mol. The fourth-order valence-electron chi connectivity index (χ4n) is 4.48. The number of fused-ring (bicyclic) bond motifs is 1. The predicted molar refractivity (Wildman–Crippen MR) is 135 cm³/mol. The molecule has 1 unspecified atom stereocenters. The fraction of sp³-hybridized carbons (Fsp3) is 0.143. The van der Waals surface area contributed by atoms with Gasteiger partial charge in [-0.25, -0.2) is 0 Å². The fourth-order valence-corrected chi connectivity index (χ4v) is 4.89. The minimum Gasteiger partial charge on any atom is -0.503 e. The maximum Gasteiger partial charge on any atom is 0.290 e. The molecule has 7 heteroatoms. The van der Waals surface area contributed by atoms with Gasteiger partial charge in [0.15, 0.2) is 22.9 Å². The van der Waals surface area contributed by atoms with Gasteiger partial charge in [0.1, 0.15) is 0 Å². The van der Waals surface area contributed by atoms with Crippen LogP contribution in [-0.4, -0.2) is 35.4 Å². The molecule has 6 nitrogen and oxygen atoms in total. The normalized spacial score (nSPS) is 15.8. The first-order chi connectivity index (χ1) is 17.0. The van der Waals surface area contributed by atoms with Gasteiger partial charge >= 0.3 is 0 Å². The number of ether oxygens (including phenoxy) is 1. The number of carbonyl (C=O) groups is 2. The van der Waals surface area contributed by atoms with Crippen LogP contribution in [-0.2, 0) is 11.2 Å². The quantitative estimate of drug-likeness (QED) is 0.294. The molecule has 0 bridgehead atoms. The molecule has 1 aliphatic rings. The topological polar surface area (TPSA) is 80.0 Å². The Labute approximate surface area is 210 Å². The van der Waals surface area contributed by atoms with Gasteiger partial charge in [-0.05, 0) is 41.8 Å². The van der Waals surface area contributed by atoms with E-state index in [4.69, 9.17) is 9.15 Å². The van der Waals surface area contributed by atoms with Crippen LogP contribution in [0.15, 0.2) is 99.1 Å². The van der Waals surface area contributed by atoms with Gasteiger partial charge in [-0.3, -0.25) is 9.59 Å². The summed E-state index contributed by atoms with van der Waals surface area (Å²) in [6.45, 7) is 0.328. The molecule has 3 aromatic carbocycles. The van der Waals surface area contributed by atoms with E-state index in [1.807, 2.05) is 60.7 Å². The number of amides is 1. The largest absolute Gasteiger partial charge is 0.503 e. The average Bonchev–Trinajstić information content (AvgIpc) is 3.42. The Kier molecular flexibility index (Phi) is 6.17. The van der Waals surface area contributed by atoms with E-state index in [1.54, 1.807) is 23.1 Å². The van der Waals surface area contributed by atoms with Gasteiger partial charge in [-0.1, -0.05) is 70.5 Å². The standard InChI is InChI=1S/C28H22BrNO5/c1-34-21-12-6-10-19-16-22(35-27(19)21)25(31)23-24(18-9-5-11-20(29)15-18)30(28(33)26(23)32)14-13-17-7-3-2-4-8-17/h2-12,15-16,24,32H,13-14H2,1H3. The Morgan fingerprint density at radius 2 is 1.83 bits per heavy atom. The minimum atomic E-state index is -0.758. The molecule has 5 rings (SSSR count). The van der Waals surface area contributed by atoms with Gasteiger partial charge in [-0.15, -0.1) is 0 Å². The second-order valence-corrected chi connectivity index (χ2v) is 9.19. The van der Waals surface area contributed by atoms with E-state index in [9.17, 15) is 14.7 Å². The molecule has 2 heterocycles. The number of furan rings is 1. The van der Waals surface area contributed by atoms with Crippen LogP contribution < -0.4 is 4.74 Å². The number of para-hydroxylation sites is 1. The van der Waals surface area contributed by atoms with Crippen LogP contribution in [0, 0.1) is 0 Å². The maximum absolute atomic E-state index is 13.7. The van der Waals surface area contributed by atoms with Crippen LogP contribution in [0.4, 0.5) is 0 Å². The summed E-state index contributed by atoms with van der Waals surface area (Å²) in [5, 5.41) is 11.6. The minimum absolute atomic E-state index is 0.000755. The highest BCUT2D eigenvalue weighted by atomic mass is 79.9. The molecule has 0 saturated heterocycles. The van der Waals surface area contributed by atoms with Crippen LogP contribution in [0.2, 0.25) is 0 Å². The monoisotopic (exact) mass is 531 g/mol. The molecule has 0 radical (unpaired) electrons. The van der Waals surface area contributed by atoms with Crippen molar-refractivity contribution in [3.05, 3.63) is 112 Å². The van der Waals surface area contributed by atoms with Crippen molar-refractivity contribution in [3.63, 3.8) is 0 Å². The summed E-state index contributed by atoms with van der Waals surface area (Å²) in [7, 11) is 1.52. The molecular formula is C28H22BrNO5. The zero-order valence-corrected chi connectivity index (χ0v) is 20.5. The summed E-state index contributed by atoms with van der Waals surface area (Å²) < 4.78 is 12.0. The van der Waals surface area contributed by atoms with E-state index in [2.05, 4.69) is 15.9 Å². The van der Waals surface area contributed by atoms with E-state index < -0.39 is 23.5 Å². The number of hydrogen-bond acceptors (Lipinski definition) is 5. The van der Waals surface area contributed by atoms with E-state index in [-0.39, 0.29) is 11.3 Å². The molecule has 1 atom stereocenters. The van der Waals surface area contributed by atoms with Crippen molar-refractivity contribution in [2.75, 3.05) is 13.7 Å². The molecular weight excluding hydrogens is 510 g/mol. The van der Waals surface area contributed by atoms with E-state index in [0.717, 1.165) is 10.0 Å². The second-order valence-electron chi connectivity index (χ2n) is 8.27. The molecule has 0 saturated carbocycles. The summed E-state index contributed by atoms with van der Waals surface area (Å²) >= 11 is 3.48. The van der Waals surface area contributed by atoms with Gasteiger partial charge in [0, 0.05) is 16.4 Å². The molecule has 1 N–H and O–H groups in total. The third-order valence-electron chi connectivity index (χ3n) is 6.15. The van der Waals surface area contributed by atoms with Crippen molar-refractivity contribution in [3.8, 4) is 5.75 Å². The number of methoxy groups -OCH3 is 1. The van der Waals surface area contributed by atoms with Crippen molar-refractivity contribution in [1.29, 1.82) is 0 Å². The first-order valence-corrected chi connectivity index (χ1v) is 11.9. The van der Waals surface area contributed by atoms with Crippen LogP contribution in [0.25, 0.3) is 11.0 Å². The summed E-state index contributed by atoms with van der Waals surface area (Å²) in [5.74, 6) is -1.15. The summed E-state index contributed by atoms with van der Waals surface area (Å²) in [5.41, 5.74) is 2.20. The number of ketones is 1. The lowest BCUT2D eigenvalue weighted by molar-refractivity contribution is -0.129. The zero-order chi connectivity index (χ0) is 24.5. The van der Waals surface area contributed by atoms with Crippen molar-refractivity contribution < 1.29 is 23.8 Å². The number of hydrogen-bond donors (Lipinski definition) is 1. The predicted octanol–water partition coefficient (Wildman–Crippen LogP) is 6.02. The smallest absolute Gasteiger partial charge is 0.290 e. The second kappa shape index (κ2) is 9.43. The molecule has 176 valence electrons. The SMILES string of the molecule is COc1cccc2cc(C(=O)C3=C(O)C(=O)N(CCc4ccccc4)C3c3cccc(Br)c3)oc12. The number of aliphatic hydroxyl groups excluding tert-OH is 1. The summed E-state index contributed by atoms with van der Waals surface area (Å²) in [4.78, 5) is 28.5. The third kappa shape index (κ3) is 4.23. The number of rotatable bonds is 7. The molecule has 0 fully saturated rings. The Morgan fingerprint density at radius 3 is 2.57 bits per heavy atom. The molecule has 4 aromatic rings. The first kappa shape index (κ1) is 22.9. The molecule has 1 aliphatic heterocycles. The summed E-state index contributed by atoms with van der Waals surface area (Å²) in [6.07, 6.45) is 0.577. The number of halogens is 1. The highest BCUT2D eigenvalue weighted by Gasteiger charge is 2.44. The van der Waals surface area contributed by atoms with Gasteiger partial charge in [0.05, 0.1) is 18.7 Å². The molecule has 1 aromatic heterocycles. The number of Topliss-reactive ketones (excluding diaryl/α,β-unsaturated/α-hetero) is 1. The highest BCUT2D eigenvalue weighted by Crippen LogP contribution is 2.40. The summed E-state index contributed by atoms with van der Waals surface area (Å²) in [6, 6.07) is 23.4. The third-order valence-corrected chi connectivity index (χ3v) is 6.64. The van der Waals surface area contributed by atoms with Gasteiger partial charge < -0.3 is 19.2 Å². The van der Waals surface area contributed by atoms with E-state index in [1.165, 1.54) is 7.11 Å². The lowest BCUT2D eigenvalue weighted by Crippen LogP contribution is -2.33. The van der Waals surface area contributed by atoms with Gasteiger partial charge in [0.2, 0.25) is 5.78 Å². The van der Waals surface area contributed by atoms with Crippen molar-refractivity contribution in [1.82, 2.24) is 4.90 Å². The van der Waals surface area contributed by atoms with Crippen LogP contribution in [0.3, 0.4) is 0 Å². The van der Waals surface area contributed by atoms with Crippen LogP contribution in [0.1, 0.15) is 27.7 Å². The number of benzene rings is 3. The van der Waals surface area contributed by atoms with E-state index in [0.29, 0.717) is 35.2 Å². The Morgan fingerprint density at radius 1 is 1.06 bits per heavy atom. The molecule has 0 spiro atoms. The lowest BCUT2D eigenvalue weighted by atomic mass is 9.95. The maximum atomic E-state index is 13.7. The highest BCUT2D eigenvalue weighted by molar-refractivity contribution is 9.10. The van der Waals surface area contributed by atoms with Crippen molar-refractivity contribution >= 4 is 38.6 Å².